The van der Waals surface area contributed by atoms with Crippen LogP contribution in [0.25, 0.3) is 0 Å². The van der Waals surface area contributed by atoms with Gasteiger partial charge in [0.25, 0.3) is 0 Å². The molecule has 16 heavy (non-hydrogen) atoms. The minimum absolute atomic E-state index is 0.0860. The molecule has 1 unspecified atom stereocenters. The zero-order valence-electron chi connectivity index (χ0n) is 8.41. The first-order valence-electron chi connectivity index (χ1n) is 4.45. The number of halogens is 3. The van der Waals surface area contributed by atoms with Gasteiger partial charge in [0.05, 0.1) is 0 Å². The van der Waals surface area contributed by atoms with Crippen LogP contribution in [-0.4, -0.2) is 27.1 Å². The van der Waals surface area contributed by atoms with Crippen molar-refractivity contribution in [2.45, 2.75) is 25.3 Å². The maximum Gasteiger partial charge on any atom is 0.508 e. The van der Waals surface area contributed by atoms with Crippen LogP contribution < -0.4 is 0 Å². The maximum atomic E-state index is 11.9. The van der Waals surface area contributed by atoms with Gasteiger partial charge in [-0.15, -0.1) is 0 Å². The molecular weight excluding hydrogens is 247 g/mol. The van der Waals surface area contributed by atoms with E-state index in [1.54, 1.807) is 0 Å². The summed E-state index contributed by atoms with van der Waals surface area (Å²) in [5, 5.41) is 0. The lowest BCUT2D eigenvalue weighted by atomic mass is 10.2. The smallest absolute Gasteiger partial charge is 0.397 e. The fourth-order valence-corrected chi connectivity index (χ4v) is 1.60. The fraction of sp³-hybridized carbons (Fsp3) is 0.625. The quantitative estimate of drug-likeness (QED) is 0.756. The maximum absolute atomic E-state index is 11.9. The molecule has 0 saturated heterocycles. The molecule has 1 rings (SSSR count). The third-order valence-corrected chi connectivity index (χ3v) is 2.64. The average molecular weight is 257 g/mol. The highest BCUT2D eigenvalue weighted by molar-refractivity contribution is 7.81. The van der Waals surface area contributed by atoms with Gasteiger partial charge in [0.1, 0.15) is 5.76 Å². The molecule has 0 bridgehead atoms. The Morgan fingerprint density at radius 2 is 2.19 bits per heavy atom. The van der Waals surface area contributed by atoms with Crippen LogP contribution in [-0.2, 0) is 20.1 Å². The van der Waals surface area contributed by atoms with Gasteiger partial charge in [0, 0.05) is 26.1 Å². The van der Waals surface area contributed by atoms with Crippen molar-refractivity contribution in [1.82, 2.24) is 4.90 Å². The molecule has 0 aliphatic carbocycles. The number of allylic oxidation sites excluding steroid dienone is 1. The molecule has 0 aromatic carbocycles. The molecule has 92 valence electrons. The molecule has 0 N–H and O–H groups in total. The number of hydrogen-bond donors (Lipinski definition) is 0. The van der Waals surface area contributed by atoms with Crippen molar-refractivity contribution in [3.05, 3.63) is 12.0 Å². The summed E-state index contributed by atoms with van der Waals surface area (Å²) in [6, 6.07) is 0. The summed E-state index contributed by atoms with van der Waals surface area (Å²) in [5.74, 6) is -0.379. The lowest BCUT2D eigenvalue weighted by Gasteiger charge is -2.23. The second-order valence-corrected chi connectivity index (χ2v) is 4.27. The van der Waals surface area contributed by atoms with Gasteiger partial charge in [0.15, 0.2) is 0 Å². The van der Waals surface area contributed by atoms with E-state index in [1.807, 2.05) is 0 Å². The summed E-state index contributed by atoms with van der Waals surface area (Å²) in [6.45, 7) is 1.72. The fourth-order valence-electron chi connectivity index (χ4n) is 1.18. The first kappa shape index (κ1) is 13.0. The Bertz CT molecular complexity index is 340. The standard InChI is InChI=1S/C8H10F3NO3S/c1-6(13)12-4-2-3-7(5-12)15-16(14)8(9,10)11/h5H,2-4H2,1H3. The van der Waals surface area contributed by atoms with E-state index >= 15 is 0 Å². The Morgan fingerprint density at radius 3 is 2.69 bits per heavy atom. The molecule has 1 aliphatic rings. The molecule has 1 atom stereocenters. The summed E-state index contributed by atoms with van der Waals surface area (Å²) in [4.78, 5) is 12.2. The van der Waals surface area contributed by atoms with Crippen LogP contribution in [0.4, 0.5) is 13.2 Å². The highest BCUT2D eigenvalue weighted by atomic mass is 32.2. The van der Waals surface area contributed by atoms with E-state index in [2.05, 4.69) is 4.18 Å². The van der Waals surface area contributed by atoms with Gasteiger partial charge in [-0.25, -0.2) is 4.21 Å². The van der Waals surface area contributed by atoms with Crippen LogP contribution in [0.15, 0.2) is 12.0 Å². The third-order valence-electron chi connectivity index (χ3n) is 1.90. The van der Waals surface area contributed by atoms with E-state index in [4.69, 9.17) is 0 Å². The Hall–Kier alpha value is -1.05. The van der Waals surface area contributed by atoms with Crippen molar-refractivity contribution >= 4 is 17.0 Å². The first-order chi connectivity index (χ1) is 7.30. The van der Waals surface area contributed by atoms with E-state index < -0.39 is 16.6 Å². The molecule has 0 spiro atoms. The summed E-state index contributed by atoms with van der Waals surface area (Å²) >= 11 is -3.37. The average Bonchev–Trinajstić information content (AvgIpc) is 2.16. The van der Waals surface area contributed by atoms with Crippen molar-refractivity contribution in [3.8, 4) is 0 Å². The van der Waals surface area contributed by atoms with E-state index in [1.165, 1.54) is 11.8 Å². The van der Waals surface area contributed by atoms with Crippen molar-refractivity contribution in [2.75, 3.05) is 6.54 Å². The predicted octanol–water partition coefficient (Wildman–Crippen LogP) is 1.67. The molecule has 0 fully saturated rings. The Morgan fingerprint density at radius 1 is 1.56 bits per heavy atom. The number of hydrogen-bond acceptors (Lipinski definition) is 3. The summed E-state index contributed by atoms with van der Waals surface area (Å²) in [7, 11) is 0. The summed E-state index contributed by atoms with van der Waals surface area (Å²) in [6.07, 6.45) is 1.89. The van der Waals surface area contributed by atoms with E-state index in [-0.39, 0.29) is 18.1 Å². The van der Waals surface area contributed by atoms with E-state index in [0.717, 1.165) is 6.20 Å². The molecule has 0 radical (unpaired) electrons. The highest BCUT2D eigenvalue weighted by Crippen LogP contribution is 2.25. The minimum Gasteiger partial charge on any atom is -0.397 e. The Balaban J connectivity index is 2.67. The molecule has 1 amide bonds. The van der Waals surface area contributed by atoms with Crippen LogP contribution in [0.5, 0.6) is 0 Å². The van der Waals surface area contributed by atoms with E-state index in [0.29, 0.717) is 13.0 Å². The minimum atomic E-state index is -4.90. The highest BCUT2D eigenvalue weighted by Gasteiger charge is 2.40. The van der Waals surface area contributed by atoms with Crippen LogP contribution in [0.3, 0.4) is 0 Å². The monoisotopic (exact) mass is 257 g/mol. The number of rotatable bonds is 2. The zero-order valence-corrected chi connectivity index (χ0v) is 9.23. The zero-order chi connectivity index (χ0) is 12.3. The van der Waals surface area contributed by atoms with Crippen molar-refractivity contribution < 1.29 is 26.4 Å². The van der Waals surface area contributed by atoms with Crippen molar-refractivity contribution in [3.63, 3.8) is 0 Å². The van der Waals surface area contributed by atoms with Crippen molar-refractivity contribution in [2.24, 2.45) is 0 Å². The number of carbonyl (C=O) groups is 1. The molecule has 1 aliphatic heterocycles. The Kier molecular flexibility index (Phi) is 3.95. The van der Waals surface area contributed by atoms with Gasteiger partial charge in [-0.1, -0.05) is 0 Å². The molecule has 1 heterocycles. The molecule has 0 aromatic rings. The number of carbonyl (C=O) groups excluding carboxylic acids is 1. The van der Waals surface area contributed by atoms with Gasteiger partial charge in [-0.05, 0) is 6.42 Å². The van der Waals surface area contributed by atoms with Gasteiger partial charge >= 0.3 is 16.6 Å². The predicted molar refractivity (Wildman–Crippen MR) is 50.0 cm³/mol. The number of amides is 1. The van der Waals surface area contributed by atoms with Gasteiger partial charge in [-0.3, -0.25) is 4.79 Å². The molecule has 4 nitrogen and oxygen atoms in total. The second kappa shape index (κ2) is 4.86. The normalized spacial score (nSPS) is 19.0. The molecule has 8 heteroatoms. The topological polar surface area (TPSA) is 46.6 Å². The number of alkyl halides is 3. The molecule has 0 aromatic heterocycles. The lowest BCUT2D eigenvalue weighted by Crippen LogP contribution is -2.29. The molecule has 0 saturated carbocycles. The first-order valence-corrected chi connectivity index (χ1v) is 5.53. The van der Waals surface area contributed by atoms with Crippen LogP contribution in [0.1, 0.15) is 19.8 Å². The van der Waals surface area contributed by atoms with Gasteiger partial charge < -0.3 is 9.08 Å². The summed E-state index contributed by atoms with van der Waals surface area (Å²) in [5.41, 5.74) is -4.90. The van der Waals surface area contributed by atoms with Gasteiger partial charge in [-0.2, -0.15) is 13.2 Å². The third kappa shape index (κ3) is 3.51. The van der Waals surface area contributed by atoms with Crippen LogP contribution in [0.2, 0.25) is 0 Å². The Labute approximate surface area is 92.7 Å². The molecular formula is C8H10F3NO3S. The van der Waals surface area contributed by atoms with E-state index in [9.17, 15) is 22.2 Å². The van der Waals surface area contributed by atoms with Crippen LogP contribution >= 0.6 is 0 Å². The number of nitrogens with zero attached hydrogens (tertiary/aromatic N) is 1. The lowest BCUT2D eigenvalue weighted by molar-refractivity contribution is -0.126. The van der Waals surface area contributed by atoms with Gasteiger partial charge in [0.2, 0.25) is 5.91 Å². The van der Waals surface area contributed by atoms with Crippen LogP contribution in [0, 0.1) is 0 Å². The largest absolute Gasteiger partial charge is 0.508 e. The van der Waals surface area contributed by atoms with Crippen molar-refractivity contribution in [1.29, 1.82) is 0 Å². The second-order valence-electron chi connectivity index (χ2n) is 3.18. The summed E-state index contributed by atoms with van der Waals surface area (Å²) < 4.78 is 50.7. The SMILES string of the molecule is CC(=O)N1C=C(OS(=O)C(F)(F)F)CCC1.